The van der Waals surface area contributed by atoms with Crippen LogP contribution in [0.15, 0.2) is 63.9 Å². The zero-order valence-corrected chi connectivity index (χ0v) is 12.3. The molecule has 0 aliphatic carbocycles. The minimum absolute atomic E-state index is 0.0288. The van der Waals surface area contributed by atoms with Gasteiger partial charge in [0.1, 0.15) is 0 Å². The zero-order chi connectivity index (χ0) is 14.1. The van der Waals surface area contributed by atoms with Crippen molar-refractivity contribution in [3.63, 3.8) is 0 Å². The molecule has 0 aliphatic rings. The summed E-state index contributed by atoms with van der Waals surface area (Å²) in [7, 11) is 0. The monoisotopic (exact) mass is 328 g/mol. The first kappa shape index (κ1) is 12.9. The Morgan fingerprint density at radius 2 is 1.80 bits per heavy atom. The molecule has 0 bridgehead atoms. The van der Waals surface area contributed by atoms with Crippen LogP contribution in [0.1, 0.15) is 5.56 Å². The number of anilines is 1. The van der Waals surface area contributed by atoms with Crippen LogP contribution in [0.3, 0.4) is 0 Å². The molecule has 0 fully saturated rings. The lowest BCUT2D eigenvalue weighted by Gasteiger charge is -2.13. The number of halogens is 1. The van der Waals surface area contributed by atoms with Gasteiger partial charge in [-0.15, -0.1) is 0 Å². The molecule has 0 saturated carbocycles. The van der Waals surface area contributed by atoms with Crippen LogP contribution in [-0.2, 0) is 6.54 Å². The van der Waals surface area contributed by atoms with Crippen molar-refractivity contribution < 1.29 is 0 Å². The number of para-hydroxylation sites is 1. The second kappa shape index (κ2) is 5.13. The van der Waals surface area contributed by atoms with Gasteiger partial charge in [-0.05, 0) is 29.7 Å². The summed E-state index contributed by atoms with van der Waals surface area (Å²) in [5, 5.41) is 1.04. The Balaban J connectivity index is 2.21. The molecule has 1 aromatic heterocycles. The van der Waals surface area contributed by atoms with Gasteiger partial charge in [-0.1, -0.05) is 40.2 Å². The third kappa shape index (κ3) is 2.23. The summed E-state index contributed by atoms with van der Waals surface area (Å²) in [5.74, 6) is 0. The summed E-state index contributed by atoms with van der Waals surface area (Å²) in [6.07, 6.45) is 0. The van der Waals surface area contributed by atoms with Gasteiger partial charge in [-0.2, -0.15) is 0 Å². The van der Waals surface area contributed by atoms with E-state index in [1.807, 2.05) is 48.5 Å². The van der Waals surface area contributed by atoms with Crippen molar-refractivity contribution in [1.29, 1.82) is 0 Å². The van der Waals surface area contributed by atoms with E-state index in [1.165, 1.54) is 0 Å². The summed E-state index contributed by atoms with van der Waals surface area (Å²) < 4.78 is 2.66. The Morgan fingerprint density at radius 3 is 2.60 bits per heavy atom. The fourth-order valence-corrected chi connectivity index (χ4v) is 2.81. The van der Waals surface area contributed by atoms with Crippen molar-refractivity contribution in [2.45, 2.75) is 6.54 Å². The number of fused-ring (bicyclic) bond motifs is 1. The predicted octanol–water partition coefficient (Wildman–Crippen LogP) is 3.39. The van der Waals surface area contributed by atoms with Gasteiger partial charge in [-0.25, -0.2) is 0 Å². The average Bonchev–Trinajstić information content (AvgIpc) is 2.45. The van der Waals surface area contributed by atoms with Crippen molar-refractivity contribution in [2.24, 2.45) is 0 Å². The van der Waals surface area contributed by atoms with Gasteiger partial charge < -0.3 is 10.3 Å². The van der Waals surface area contributed by atoms with E-state index >= 15 is 0 Å². The Hall–Kier alpha value is -2.07. The largest absolute Gasteiger partial charge is 0.398 e. The van der Waals surface area contributed by atoms with E-state index in [0.29, 0.717) is 12.2 Å². The molecule has 0 unspecified atom stereocenters. The highest BCUT2D eigenvalue weighted by Crippen LogP contribution is 2.24. The highest BCUT2D eigenvalue weighted by Gasteiger charge is 2.08. The van der Waals surface area contributed by atoms with Gasteiger partial charge in [0, 0.05) is 21.8 Å². The molecule has 0 spiro atoms. The summed E-state index contributed by atoms with van der Waals surface area (Å²) in [4.78, 5) is 12.2. The van der Waals surface area contributed by atoms with Crippen LogP contribution in [0, 0.1) is 0 Å². The van der Waals surface area contributed by atoms with Gasteiger partial charge in [0.2, 0.25) is 0 Å². The number of nitrogens with zero attached hydrogens (tertiary/aromatic N) is 1. The van der Waals surface area contributed by atoms with E-state index in [-0.39, 0.29) is 5.56 Å². The number of benzene rings is 2. The molecule has 2 N–H and O–H groups in total. The maximum Gasteiger partial charge on any atom is 0.251 e. The molecule has 100 valence electrons. The Morgan fingerprint density at radius 1 is 1.00 bits per heavy atom. The lowest BCUT2D eigenvalue weighted by molar-refractivity contribution is 0.793. The van der Waals surface area contributed by atoms with Gasteiger partial charge in [-0.3, -0.25) is 4.79 Å². The molecule has 0 radical (unpaired) electrons. The minimum atomic E-state index is -0.0288. The number of aromatic nitrogens is 1. The standard InChI is InChI=1S/C16H13BrN2O/c17-13-5-3-6-14(18)12(13)10-19-15-7-2-1-4-11(15)8-9-16(19)20/h1-9H,10,18H2. The Labute approximate surface area is 124 Å². The highest BCUT2D eigenvalue weighted by atomic mass is 79.9. The molecule has 0 amide bonds. The van der Waals surface area contributed by atoms with Gasteiger partial charge >= 0.3 is 0 Å². The van der Waals surface area contributed by atoms with Gasteiger partial charge in [0.25, 0.3) is 5.56 Å². The van der Waals surface area contributed by atoms with Crippen molar-refractivity contribution in [3.05, 3.63) is 75.0 Å². The summed E-state index contributed by atoms with van der Waals surface area (Å²) in [6, 6.07) is 16.9. The highest BCUT2D eigenvalue weighted by molar-refractivity contribution is 9.10. The Kier molecular flexibility index (Phi) is 3.32. The van der Waals surface area contributed by atoms with Crippen LogP contribution < -0.4 is 11.3 Å². The SMILES string of the molecule is Nc1cccc(Br)c1Cn1c(=O)ccc2ccccc21. The van der Waals surface area contributed by atoms with E-state index in [4.69, 9.17) is 5.73 Å². The van der Waals surface area contributed by atoms with Crippen LogP contribution in [0.25, 0.3) is 10.9 Å². The molecule has 0 atom stereocenters. The second-order valence-corrected chi connectivity index (χ2v) is 5.48. The molecule has 0 saturated heterocycles. The number of pyridine rings is 1. The normalized spacial score (nSPS) is 10.8. The number of nitrogens with two attached hydrogens (primary N) is 1. The van der Waals surface area contributed by atoms with Crippen LogP contribution in [-0.4, -0.2) is 4.57 Å². The number of hydrogen-bond donors (Lipinski definition) is 1. The predicted molar refractivity (Wildman–Crippen MR) is 85.9 cm³/mol. The fraction of sp³-hybridized carbons (Fsp3) is 0.0625. The van der Waals surface area contributed by atoms with Gasteiger partial charge in [0.15, 0.2) is 0 Å². The molecule has 3 rings (SSSR count). The topological polar surface area (TPSA) is 48.0 Å². The third-order valence-electron chi connectivity index (χ3n) is 3.37. The number of rotatable bonds is 2. The molecule has 3 nitrogen and oxygen atoms in total. The first-order chi connectivity index (χ1) is 9.66. The number of hydrogen-bond acceptors (Lipinski definition) is 2. The maximum atomic E-state index is 12.2. The second-order valence-electron chi connectivity index (χ2n) is 4.62. The Bertz CT molecular complexity index is 819. The van der Waals surface area contributed by atoms with Crippen molar-refractivity contribution in [3.8, 4) is 0 Å². The van der Waals surface area contributed by atoms with Crippen LogP contribution in [0.2, 0.25) is 0 Å². The lowest BCUT2D eigenvalue weighted by atomic mass is 10.1. The van der Waals surface area contributed by atoms with E-state index in [0.717, 1.165) is 20.9 Å². The van der Waals surface area contributed by atoms with E-state index < -0.39 is 0 Å². The molecule has 2 aromatic carbocycles. The first-order valence-electron chi connectivity index (χ1n) is 6.28. The van der Waals surface area contributed by atoms with Crippen LogP contribution >= 0.6 is 15.9 Å². The van der Waals surface area contributed by atoms with E-state index in [2.05, 4.69) is 15.9 Å². The van der Waals surface area contributed by atoms with E-state index in [9.17, 15) is 4.79 Å². The average molecular weight is 329 g/mol. The molecule has 1 heterocycles. The van der Waals surface area contributed by atoms with Crippen molar-refractivity contribution in [1.82, 2.24) is 4.57 Å². The van der Waals surface area contributed by atoms with E-state index in [1.54, 1.807) is 10.6 Å². The molecule has 20 heavy (non-hydrogen) atoms. The first-order valence-corrected chi connectivity index (χ1v) is 7.07. The molecule has 3 aromatic rings. The quantitative estimate of drug-likeness (QED) is 0.733. The summed E-state index contributed by atoms with van der Waals surface area (Å²) >= 11 is 3.50. The third-order valence-corrected chi connectivity index (χ3v) is 4.11. The molecule has 4 heteroatoms. The lowest BCUT2D eigenvalue weighted by Crippen LogP contribution is -2.20. The summed E-state index contributed by atoms with van der Waals surface area (Å²) in [6.45, 7) is 0.452. The van der Waals surface area contributed by atoms with Crippen LogP contribution in [0.4, 0.5) is 5.69 Å². The molecule has 0 aliphatic heterocycles. The fourth-order valence-electron chi connectivity index (χ4n) is 2.31. The number of nitrogen functional groups attached to an aromatic ring is 1. The molecular weight excluding hydrogens is 316 g/mol. The molecular formula is C16H13BrN2O. The van der Waals surface area contributed by atoms with Crippen molar-refractivity contribution >= 4 is 32.5 Å². The zero-order valence-electron chi connectivity index (χ0n) is 10.7. The maximum absolute atomic E-state index is 12.2. The van der Waals surface area contributed by atoms with Gasteiger partial charge in [0.05, 0.1) is 12.1 Å². The minimum Gasteiger partial charge on any atom is -0.398 e. The summed E-state index contributed by atoms with van der Waals surface area (Å²) in [5.41, 5.74) is 8.50. The van der Waals surface area contributed by atoms with Crippen LogP contribution in [0.5, 0.6) is 0 Å². The van der Waals surface area contributed by atoms with Crippen molar-refractivity contribution in [2.75, 3.05) is 5.73 Å². The smallest absolute Gasteiger partial charge is 0.251 e.